The molecule has 0 aliphatic rings. The average molecular weight is 291 g/mol. The first kappa shape index (κ1) is 15.5. The van der Waals surface area contributed by atoms with Crippen LogP contribution in [0.25, 0.3) is 11.0 Å². The van der Waals surface area contributed by atoms with Crippen LogP contribution in [0.4, 0.5) is 0 Å². The third-order valence-corrected chi connectivity index (χ3v) is 3.75. The lowest BCUT2D eigenvalue weighted by molar-refractivity contribution is 0.0664. The summed E-state index contributed by atoms with van der Waals surface area (Å²) in [5.74, 6) is -1.03. The Hall–Kier alpha value is -1.85. The van der Waals surface area contributed by atoms with Crippen LogP contribution in [0, 0.1) is 13.8 Å². The first-order valence-electron chi connectivity index (χ1n) is 7.07. The van der Waals surface area contributed by atoms with Gasteiger partial charge in [-0.1, -0.05) is 13.0 Å². The van der Waals surface area contributed by atoms with Gasteiger partial charge in [0.1, 0.15) is 5.58 Å². The number of aliphatic hydroxyl groups is 1. The summed E-state index contributed by atoms with van der Waals surface area (Å²) in [6.07, 6.45) is 0. The molecule has 0 aliphatic heterocycles. The number of hydrogen-bond donors (Lipinski definition) is 2. The molecular formula is C16H21NO4. The summed E-state index contributed by atoms with van der Waals surface area (Å²) in [5.41, 5.74) is 3.32. The third-order valence-electron chi connectivity index (χ3n) is 3.75. The first-order valence-corrected chi connectivity index (χ1v) is 7.07. The van der Waals surface area contributed by atoms with Crippen LogP contribution >= 0.6 is 0 Å². The summed E-state index contributed by atoms with van der Waals surface area (Å²) in [5, 5.41) is 19.1. The summed E-state index contributed by atoms with van der Waals surface area (Å²) >= 11 is 0. The molecule has 5 heteroatoms. The number of aliphatic hydroxyl groups excluding tert-OH is 1. The van der Waals surface area contributed by atoms with Gasteiger partial charge < -0.3 is 14.6 Å². The molecule has 0 fully saturated rings. The van der Waals surface area contributed by atoms with Crippen molar-refractivity contribution >= 4 is 16.9 Å². The van der Waals surface area contributed by atoms with Gasteiger partial charge in [0.15, 0.2) is 0 Å². The summed E-state index contributed by atoms with van der Waals surface area (Å²) in [4.78, 5) is 13.3. The maximum absolute atomic E-state index is 11.2. The van der Waals surface area contributed by atoms with Crippen molar-refractivity contribution in [2.24, 2.45) is 0 Å². The number of aromatic carboxylic acids is 1. The van der Waals surface area contributed by atoms with E-state index in [1.807, 2.05) is 26.0 Å². The number of carboxylic acids is 1. The number of carboxylic acid groups (broad SMARTS) is 1. The normalized spacial score (nSPS) is 11.5. The smallest absolute Gasteiger partial charge is 0.372 e. The molecule has 1 aromatic carbocycles. The number of hydrogen-bond acceptors (Lipinski definition) is 4. The molecule has 1 aromatic heterocycles. The molecule has 5 nitrogen and oxygen atoms in total. The fraction of sp³-hybridized carbons (Fsp3) is 0.438. The Morgan fingerprint density at radius 1 is 1.33 bits per heavy atom. The van der Waals surface area contributed by atoms with Crippen LogP contribution in [0.3, 0.4) is 0 Å². The molecule has 114 valence electrons. The minimum Gasteiger partial charge on any atom is -0.475 e. The van der Waals surface area contributed by atoms with Gasteiger partial charge in [0.25, 0.3) is 0 Å². The molecule has 0 saturated carbocycles. The lowest BCUT2D eigenvalue weighted by Gasteiger charge is -2.19. The molecule has 0 unspecified atom stereocenters. The second-order valence-electron chi connectivity index (χ2n) is 5.24. The van der Waals surface area contributed by atoms with Gasteiger partial charge in [-0.2, -0.15) is 0 Å². The van der Waals surface area contributed by atoms with Gasteiger partial charge in [0.05, 0.1) is 6.61 Å². The Morgan fingerprint density at radius 3 is 2.62 bits per heavy atom. The zero-order valence-electron chi connectivity index (χ0n) is 12.6. The van der Waals surface area contributed by atoms with Crippen LogP contribution in [-0.4, -0.2) is 40.8 Å². The fourth-order valence-corrected chi connectivity index (χ4v) is 2.61. The molecule has 0 aliphatic carbocycles. The molecule has 0 radical (unpaired) electrons. The number of furan rings is 1. The van der Waals surface area contributed by atoms with Crippen LogP contribution in [0.1, 0.15) is 34.2 Å². The molecule has 0 bridgehead atoms. The molecule has 2 aromatic rings. The van der Waals surface area contributed by atoms with E-state index >= 15 is 0 Å². The van der Waals surface area contributed by atoms with Crippen LogP contribution in [0.5, 0.6) is 0 Å². The predicted octanol–water partition coefficient (Wildman–Crippen LogP) is 2.56. The van der Waals surface area contributed by atoms with E-state index in [2.05, 4.69) is 4.90 Å². The van der Waals surface area contributed by atoms with Crippen molar-refractivity contribution in [3.8, 4) is 0 Å². The average Bonchev–Trinajstić information content (AvgIpc) is 2.77. The number of rotatable bonds is 6. The SMILES string of the molecule is CCN(CCO)Cc1cc(C)c2oc(C(=O)O)c(C)c2c1. The highest BCUT2D eigenvalue weighted by molar-refractivity contribution is 5.96. The minimum atomic E-state index is -1.04. The second kappa shape index (κ2) is 6.28. The summed E-state index contributed by atoms with van der Waals surface area (Å²) in [6.45, 7) is 8.06. The molecule has 2 N–H and O–H groups in total. The van der Waals surface area contributed by atoms with Gasteiger partial charge in [-0.25, -0.2) is 4.79 Å². The van der Waals surface area contributed by atoms with Crippen LogP contribution in [-0.2, 0) is 6.54 Å². The molecule has 0 saturated heterocycles. The van der Waals surface area contributed by atoms with Gasteiger partial charge in [0, 0.05) is 24.0 Å². The predicted molar refractivity (Wildman–Crippen MR) is 80.7 cm³/mol. The Balaban J connectivity index is 2.44. The monoisotopic (exact) mass is 291 g/mol. The van der Waals surface area contributed by atoms with Gasteiger partial charge in [0.2, 0.25) is 5.76 Å². The number of benzene rings is 1. The highest BCUT2D eigenvalue weighted by Gasteiger charge is 2.18. The van der Waals surface area contributed by atoms with Crippen molar-refractivity contribution < 1.29 is 19.4 Å². The van der Waals surface area contributed by atoms with Gasteiger partial charge in [-0.05, 0) is 37.6 Å². The largest absolute Gasteiger partial charge is 0.475 e. The molecule has 21 heavy (non-hydrogen) atoms. The second-order valence-corrected chi connectivity index (χ2v) is 5.24. The lowest BCUT2D eigenvalue weighted by atomic mass is 10.0. The summed E-state index contributed by atoms with van der Waals surface area (Å²) < 4.78 is 5.47. The van der Waals surface area contributed by atoms with Gasteiger partial charge >= 0.3 is 5.97 Å². The minimum absolute atomic E-state index is 0.00737. The van der Waals surface area contributed by atoms with E-state index < -0.39 is 5.97 Å². The van der Waals surface area contributed by atoms with E-state index in [0.29, 0.717) is 17.7 Å². The molecule has 2 rings (SSSR count). The van der Waals surface area contributed by atoms with Crippen molar-refractivity contribution in [1.82, 2.24) is 4.90 Å². The van der Waals surface area contributed by atoms with Crippen molar-refractivity contribution in [2.75, 3.05) is 19.7 Å². The van der Waals surface area contributed by atoms with Crippen LogP contribution in [0.2, 0.25) is 0 Å². The Labute approximate surface area is 123 Å². The van der Waals surface area contributed by atoms with Crippen molar-refractivity contribution in [3.63, 3.8) is 0 Å². The number of fused-ring (bicyclic) bond motifs is 1. The van der Waals surface area contributed by atoms with Gasteiger partial charge in [-0.15, -0.1) is 0 Å². The number of nitrogens with zero attached hydrogens (tertiary/aromatic N) is 1. The Kier molecular flexibility index (Phi) is 4.65. The van der Waals surface area contributed by atoms with E-state index in [9.17, 15) is 4.79 Å². The van der Waals surface area contributed by atoms with Crippen molar-refractivity contribution in [1.29, 1.82) is 0 Å². The Morgan fingerprint density at radius 2 is 2.05 bits per heavy atom. The lowest BCUT2D eigenvalue weighted by Crippen LogP contribution is -2.26. The number of likely N-dealkylation sites (N-methyl/N-ethyl adjacent to an activating group) is 1. The van der Waals surface area contributed by atoms with E-state index in [1.165, 1.54) is 0 Å². The fourth-order valence-electron chi connectivity index (χ4n) is 2.61. The standard InChI is InChI=1S/C16H21NO4/c1-4-17(5-6-18)9-12-7-10(2)14-13(8-12)11(3)15(21-14)16(19)20/h7-8,18H,4-6,9H2,1-3H3,(H,19,20). The molecular weight excluding hydrogens is 270 g/mol. The maximum Gasteiger partial charge on any atom is 0.372 e. The van der Waals surface area contributed by atoms with Gasteiger partial charge in [-0.3, -0.25) is 4.90 Å². The van der Waals surface area contributed by atoms with Crippen molar-refractivity contribution in [2.45, 2.75) is 27.3 Å². The molecule has 0 amide bonds. The Bertz CT molecular complexity index is 660. The molecule has 1 heterocycles. The zero-order valence-corrected chi connectivity index (χ0v) is 12.6. The quantitative estimate of drug-likeness (QED) is 0.855. The van der Waals surface area contributed by atoms with E-state index in [0.717, 1.165) is 29.6 Å². The topological polar surface area (TPSA) is 73.9 Å². The van der Waals surface area contributed by atoms with E-state index in [1.54, 1.807) is 6.92 Å². The van der Waals surface area contributed by atoms with E-state index in [-0.39, 0.29) is 12.4 Å². The molecule has 0 atom stereocenters. The first-order chi connectivity index (χ1) is 9.97. The van der Waals surface area contributed by atoms with Crippen molar-refractivity contribution in [3.05, 3.63) is 34.6 Å². The van der Waals surface area contributed by atoms with Crippen LogP contribution in [0.15, 0.2) is 16.5 Å². The summed E-state index contributed by atoms with van der Waals surface area (Å²) in [6, 6.07) is 3.99. The number of carbonyl (C=O) groups is 1. The third kappa shape index (κ3) is 3.09. The van der Waals surface area contributed by atoms with Crippen LogP contribution < -0.4 is 0 Å². The zero-order chi connectivity index (χ0) is 15.6. The summed E-state index contributed by atoms with van der Waals surface area (Å²) in [7, 11) is 0. The highest BCUT2D eigenvalue weighted by Crippen LogP contribution is 2.29. The number of aryl methyl sites for hydroxylation is 2. The van der Waals surface area contributed by atoms with E-state index in [4.69, 9.17) is 14.6 Å². The highest BCUT2D eigenvalue weighted by atomic mass is 16.4. The molecule has 0 spiro atoms. The maximum atomic E-state index is 11.2.